The lowest BCUT2D eigenvalue weighted by Crippen LogP contribution is -2.75. The maximum atomic E-state index is 13.6. The summed E-state index contributed by atoms with van der Waals surface area (Å²) in [6.45, 7) is 1.39. The quantitative estimate of drug-likeness (QED) is 0.397. The number of aromatic hydroxyl groups is 1. The number of carbonyl (C=O) groups is 5. The highest BCUT2D eigenvalue weighted by molar-refractivity contribution is 6.32. The van der Waals surface area contributed by atoms with Crippen LogP contribution in [0.1, 0.15) is 29.3 Å². The zero-order chi connectivity index (χ0) is 23.9. The van der Waals surface area contributed by atoms with Gasteiger partial charge >= 0.3 is 0 Å². The number of Topliss-reactive ketones (excluding diaryl/α,β-unsaturated/α-hetero) is 4. The lowest BCUT2D eigenvalue weighted by Gasteiger charge is -2.55. The molecule has 3 aliphatic rings. The van der Waals surface area contributed by atoms with Crippen LogP contribution in [0, 0.1) is 23.7 Å². The van der Waals surface area contributed by atoms with E-state index in [0.717, 1.165) is 0 Å². The number of amides is 1. The molecule has 1 aromatic carbocycles. The molecule has 4 rings (SSSR count). The summed E-state index contributed by atoms with van der Waals surface area (Å²) in [5.41, 5.74) is 0.511. The van der Waals surface area contributed by atoms with E-state index >= 15 is 0 Å². The highest BCUT2D eigenvalue weighted by Crippen LogP contribution is 2.55. The van der Waals surface area contributed by atoms with Crippen LogP contribution in [0.3, 0.4) is 0 Å². The molecule has 5 N–H and O–H groups in total. The first-order valence-corrected chi connectivity index (χ1v) is 10.2. The van der Waals surface area contributed by atoms with Crippen LogP contribution in [-0.4, -0.2) is 75.0 Å². The average Bonchev–Trinajstić information content (AvgIpc) is 2.68. The third-order valence-electron chi connectivity index (χ3n) is 7.38. The summed E-state index contributed by atoms with van der Waals surface area (Å²) in [7, 11) is 2.98. The van der Waals surface area contributed by atoms with E-state index in [-0.39, 0.29) is 17.5 Å². The predicted molar refractivity (Wildman–Crippen MR) is 107 cm³/mol. The number of nitrogens with zero attached hydrogens (tertiary/aromatic N) is 1. The highest BCUT2D eigenvalue weighted by atomic mass is 16.3. The minimum Gasteiger partial charge on any atom is -0.507 e. The molecule has 0 spiro atoms. The van der Waals surface area contributed by atoms with Gasteiger partial charge in [-0.2, -0.15) is 0 Å². The van der Waals surface area contributed by atoms with Gasteiger partial charge in [-0.3, -0.25) is 28.9 Å². The number of hydrogen-bond donors (Lipinski definition) is 4. The molecule has 0 bridgehead atoms. The molecule has 170 valence electrons. The van der Waals surface area contributed by atoms with Gasteiger partial charge in [0, 0.05) is 11.8 Å². The number of primary amides is 1. The van der Waals surface area contributed by atoms with Crippen molar-refractivity contribution in [1.82, 2.24) is 4.90 Å². The lowest BCUT2D eigenvalue weighted by molar-refractivity contribution is -0.188. The standard InChI is InChI=1S/C22H24N2O8/c1-21(31)8-5-4-6-11(25)12(8)16(26)13-9(21)7-10-15(24(2)3)17(27)14(20(23)30)19(29)22(10,32)18(13)28/h4-6,9-10,13-15,25,31-32H,7H2,1-3H3,(H2,23,30)/t9-,10-,13?,14?,15-,21?,22-/m0/s1. The monoisotopic (exact) mass is 444 g/mol. The number of benzene rings is 1. The van der Waals surface area contributed by atoms with Crippen LogP contribution in [0.15, 0.2) is 18.2 Å². The Bertz CT molecular complexity index is 1090. The van der Waals surface area contributed by atoms with Crippen LogP contribution < -0.4 is 5.73 Å². The molecule has 10 nitrogen and oxygen atoms in total. The van der Waals surface area contributed by atoms with Crippen molar-refractivity contribution in [3.05, 3.63) is 29.3 Å². The van der Waals surface area contributed by atoms with E-state index < -0.39 is 75.7 Å². The van der Waals surface area contributed by atoms with Gasteiger partial charge in [-0.1, -0.05) is 12.1 Å². The van der Waals surface area contributed by atoms with E-state index in [9.17, 15) is 39.3 Å². The Labute approximate surface area is 183 Å². The lowest BCUT2D eigenvalue weighted by atomic mass is 9.49. The van der Waals surface area contributed by atoms with E-state index in [1.54, 1.807) is 0 Å². The molecule has 7 atom stereocenters. The maximum Gasteiger partial charge on any atom is 0.235 e. The molecule has 0 heterocycles. The summed E-state index contributed by atoms with van der Waals surface area (Å²) in [5.74, 6) is -12.0. The molecule has 0 saturated heterocycles. The van der Waals surface area contributed by atoms with Gasteiger partial charge in [0.1, 0.15) is 5.75 Å². The topological polar surface area (TPSA) is 175 Å². The van der Waals surface area contributed by atoms with Crippen molar-refractivity contribution in [2.24, 2.45) is 29.4 Å². The molecule has 32 heavy (non-hydrogen) atoms. The average molecular weight is 444 g/mol. The van der Waals surface area contributed by atoms with E-state index in [0.29, 0.717) is 0 Å². The largest absolute Gasteiger partial charge is 0.507 e. The molecule has 0 radical (unpaired) electrons. The van der Waals surface area contributed by atoms with Gasteiger partial charge in [0.15, 0.2) is 34.7 Å². The number of nitrogens with two attached hydrogens (primary N) is 1. The molecule has 10 heteroatoms. The number of phenolic OH excluding ortho intramolecular Hbond substituents is 1. The number of likely N-dealkylation sites (N-methyl/N-ethyl adjacent to an activating group) is 1. The van der Waals surface area contributed by atoms with Gasteiger partial charge in [0.2, 0.25) is 5.91 Å². The van der Waals surface area contributed by atoms with Crippen molar-refractivity contribution in [2.45, 2.75) is 30.6 Å². The maximum absolute atomic E-state index is 13.6. The van der Waals surface area contributed by atoms with Gasteiger partial charge < -0.3 is 21.1 Å². The van der Waals surface area contributed by atoms with Crippen LogP contribution in [-0.2, 0) is 24.8 Å². The first-order valence-electron chi connectivity index (χ1n) is 10.2. The molecule has 3 aliphatic carbocycles. The van der Waals surface area contributed by atoms with E-state index in [4.69, 9.17) is 5.73 Å². The van der Waals surface area contributed by atoms with Crippen LogP contribution in [0.2, 0.25) is 0 Å². The highest BCUT2D eigenvalue weighted by Gasteiger charge is 2.71. The van der Waals surface area contributed by atoms with Crippen molar-refractivity contribution in [3.8, 4) is 5.75 Å². The fraction of sp³-hybridized carbons (Fsp3) is 0.500. The molecular weight excluding hydrogens is 420 g/mol. The Hall–Kier alpha value is -2.95. The molecule has 3 unspecified atom stereocenters. The van der Waals surface area contributed by atoms with E-state index in [2.05, 4.69) is 0 Å². The van der Waals surface area contributed by atoms with Gasteiger partial charge in [-0.15, -0.1) is 0 Å². The summed E-state index contributed by atoms with van der Waals surface area (Å²) in [4.78, 5) is 66.4. The zero-order valence-electron chi connectivity index (χ0n) is 17.7. The second-order valence-corrected chi connectivity index (χ2v) is 9.28. The number of ketones is 4. The van der Waals surface area contributed by atoms with E-state index in [1.165, 1.54) is 44.1 Å². The Morgan fingerprint density at radius 2 is 1.72 bits per heavy atom. The van der Waals surface area contributed by atoms with Crippen LogP contribution >= 0.6 is 0 Å². The molecular formula is C22H24N2O8. The number of phenols is 1. The summed E-state index contributed by atoms with van der Waals surface area (Å²) in [5, 5.41) is 33.1. The third-order valence-corrected chi connectivity index (χ3v) is 7.38. The SMILES string of the molecule is CN(C)[C@@H]1C(=O)C(C(N)=O)C(=O)[C@@]2(O)C(=O)C3C(=O)c4c(O)cccc4C(C)(O)[C@H]3C[C@@H]12. The first-order chi connectivity index (χ1) is 14.8. The number of rotatable bonds is 2. The number of hydrogen-bond acceptors (Lipinski definition) is 9. The molecule has 0 aromatic heterocycles. The second kappa shape index (κ2) is 6.77. The van der Waals surface area contributed by atoms with Crippen LogP contribution in [0.4, 0.5) is 0 Å². The fourth-order valence-corrected chi connectivity index (χ4v) is 5.88. The minimum absolute atomic E-state index is 0.117. The smallest absolute Gasteiger partial charge is 0.235 e. The van der Waals surface area contributed by atoms with Gasteiger partial charge in [-0.25, -0.2) is 0 Å². The predicted octanol–water partition coefficient (Wildman–Crippen LogP) is -1.47. The summed E-state index contributed by atoms with van der Waals surface area (Å²) in [6.07, 6.45) is -0.230. The number of aliphatic hydroxyl groups is 2. The van der Waals surface area contributed by atoms with Crippen molar-refractivity contribution in [1.29, 1.82) is 0 Å². The fourth-order valence-electron chi connectivity index (χ4n) is 5.88. The summed E-state index contributed by atoms with van der Waals surface area (Å²) < 4.78 is 0. The van der Waals surface area contributed by atoms with E-state index in [1.807, 2.05) is 0 Å². The Kier molecular flexibility index (Phi) is 4.71. The molecule has 0 aliphatic heterocycles. The first kappa shape index (κ1) is 22.3. The van der Waals surface area contributed by atoms with Crippen molar-refractivity contribution in [3.63, 3.8) is 0 Å². The zero-order valence-corrected chi connectivity index (χ0v) is 17.7. The number of carbonyl (C=O) groups excluding carboxylic acids is 5. The normalized spacial score (nSPS) is 38.9. The van der Waals surface area contributed by atoms with Crippen LogP contribution in [0.5, 0.6) is 5.75 Å². The van der Waals surface area contributed by atoms with Crippen molar-refractivity contribution < 1.29 is 39.3 Å². The van der Waals surface area contributed by atoms with Gasteiger partial charge in [0.25, 0.3) is 0 Å². The molecule has 2 saturated carbocycles. The minimum atomic E-state index is -2.82. The van der Waals surface area contributed by atoms with Gasteiger partial charge in [-0.05, 0) is 39.1 Å². The molecule has 1 aromatic rings. The van der Waals surface area contributed by atoms with Gasteiger partial charge in [0.05, 0.1) is 23.1 Å². The summed E-state index contributed by atoms with van der Waals surface area (Å²) >= 11 is 0. The summed E-state index contributed by atoms with van der Waals surface area (Å²) in [6, 6.07) is 2.91. The molecule has 1 amide bonds. The van der Waals surface area contributed by atoms with Crippen molar-refractivity contribution in [2.75, 3.05) is 14.1 Å². The third kappa shape index (κ3) is 2.54. The van der Waals surface area contributed by atoms with Crippen LogP contribution in [0.25, 0.3) is 0 Å². The number of fused-ring (bicyclic) bond motifs is 3. The second-order valence-electron chi connectivity index (χ2n) is 9.28. The Morgan fingerprint density at radius 1 is 1.09 bits per heavy atom. The molecule has 2 fully saturated rings. The Morgan fingerprint density at radius 3 is 2.28 bits per heavy atom. The Balaban J connectivity index is 1.95. The van der Waals surface area contributed by atoms with Crippen molar-refractivity contribution >= 4 is 29.0 Å².